The Morgan fingerprint density at radius 2 is 1.86 bits per heavy atom. The Hall–Kier alpha value is -1.94. The van der Waals surface area contributed by atoms with Gasteiger partial charge in [-0.25, -0.2) is 0 Å². The third-order valence-electron chi connectivity index (χ3n) is 3.69. The zero-order valence-corrected chi connectivity index (χ0v) is 13.8. The number of ketones is 1. The van der Waals surface area contributed by atoms with Crippen molar-refractivity contribution in [1.82, 2.24) is 4.90 Å². The number of benzene rings is 1. The van der Waals surface area contributed by atoms with Crippen LogP contribution in [0.3, 0.4) is 0 Å². The van der Waals surface area contributed by atoms with Crippen LogP contribution in [0.1, 0.15) is 35.5 Å². The first-order valence-corrected chi connectivity index (χ1v) is 8.33. The molecule has 2 rings (SSSR count). The second kappa shape index (κ2) is 7.90. The fourth-order valence-corrected chi connectivity index (χ4v) is 3.23. The molecule has 1 aromatic heterocycles. The molecule has 0 aliphatic heterocycles. The Morgan fingerprint density at radius 1 is 1.14 bits per heavy atom. The van der Waals surface area contributed by atoms with Gasteiger partial charge in [-0.2, -0.15) is 0 Å². The predicted octanol–water partition coefficient (Wildman–Crippen LogP) is 3.80. The normalized spacial score (nSPS) is 11.9. The second-order valence-electron chi connectivity index (χ2n) is 5.40. The molecule has 0 saturated heterocycles. The van der Waals surface area contributed by atoms with Gasteiger partial charge in [-0.3, -0.25) is 9.59 Å². The highest BCUT2D eigenvalue weighted by Gasteiger charge is 2.18. The van der Waals surface area contributed by atoms with E-state index in [1.807, 2.05) is 42.6 Å². The van der Waals surface area contributed by atoms with E-state index >= 15 is 0 Å². The smallest absolute Gasteiger partial charge is 0.219 e. The van der Waals surface area contributed by atoms with Crippen molar-refractivity contribution in [3.63, 3.8) is 0 Å². The van der Waals surface area contributed by atoms with Crippen molar-refractivity contribution in [2.24, 2.45) is 0 Å². The predicted molar refractivity (Wildman–Crippen MR) is 90.3 cm³/mol. The van der Waals surface area contributed by atoms with Gasteiger partial charge in [0.2, 0.25) is 5.91 Å². The monoisotopic (exact) mass is 315 g/mol. The summed E-state index contributed by atoms with van der Waals surface area (Å²) in [5.74, 6) is 0.121. The van der Waals surface area contributed by atoms with Crippen molar-refractivity contribution in [3.05, 3.63) is 58.3 Å². The van der Waals surface area contributed by atoms with Gasteiger partial charge >= 0.3 is 0 Å². The highest BCUT2D eigenvalue weighted by molar-refractivity contribution is 7.12. The molecule has 1 amide bonds. The van der Waals surface area contributed by atoms with Gasteiger partial charge < -0.3 is 4.90 Å². The standard InChI is InChI=1S/C18H21NO2S/c1-14(13-16-7-4-3-5-8-16)19(15(2)20)11-10-17(21)18-9-6-12-22-18/h3-9,12,14H,10-11,13H2,1-2H3. The maximum atomic E-state index is 12.1. The Kier molecular flexibility index (Phi) is 5.90. The van der Waals surface area contributed by atoms with Gasteiger partial charge in [0.25, 0.3) is 0 Å². The molecular formula is C18H21NO2S. The van der Waals surface area contributed by atoms with Crippen molar-refractivity contribution in [2.75, 3.05) is 6.54 Å². The van der Waals surface area contributed by atoms with Crippen molar-refractivity contribution in [2.45, 2.75) is 32.7 Å². The summed E-state index contributed by atoms with van der Waals surface area (Å²) in [5.41, 5.74) is 1.20. The molecule has 0 spiro atoms. The lowest BCUT2D eigenvalue weighted by molar-refractivity contribution is -0.130. The highest BCUT2D eigenvalue weighted by atomic mass is 32.1. The summed E-state index contributed by atoms with van der Waals surface area (Å²) in [6.07, 6.45) is 1.17. The van der Waals surface area contributed by atoms with E-state index in [0.29, 0.717) is 13.0 Å². The third-order valence-corrected chi connectivity index (χ3v) is 4.60. The van der Waals surface area contributed by atoms with Crippen LogP contribution in [0.2, 0.25) is 0 Å². The van der Waals surface area contributed by atoms with E-state index in [0.717, 1.165) is 11.3 Å². The van der Waals surface area contributed by atoms with E-state index in [4.69, 9.17) is 0 Å². The summed E-state index contributed by atoms with van der Waals surface area (Å²) < 4.78 is 0. The van der Waals surface area contributed by atoms with Gasteiger partial charge in [-0.05, 0) is 30.4 Å². The number of rotatable bonds is 7. The summed E-state index contributed by atoms with van der Waals surface area (Å²) in [7, 11) is 0. The molecule has 0 saturated carbocycles. The minimum absolute atomic E-state index is 0.0161. The number of carbonyl (C=O) groups is 2. The van der Waals surface area contributed by atoms with Crippen LogP contribution in [-0.4, -0.2) is 29.2 Å². The lowest BCUT2D eigenvalue weighted by Crippen LogP contribution is -2.39. The molecule has 0 N–H and O–H groups in total. The van der Waals surface area contributed by atoms with Gasteiger partial charge in [0.1, 0.15) is 0 Å². The lowest BCUT2D eigenvalue weighted by Gasteiger charge is -2.28. The number of hydrogen-bond donors (Lipinski definition) is 0. The molecule has 1 unspecified atom stereocenters. The Bertz CT molecular complexity index is 607. The second-order valence-corrected chi connectivity index (χ2v) is 6.35. The van der Waals surface area contributed by atoms with Crippen LogP contribution in [-0.2, 0) is 11.2 Å². The number of thiophene rings is 1. The molecular weight excluding hydrogens is 294 g/mol. The first-order chi connectivity index (χ1) is 10.6. The van der Waals surface area contributed by atoms with Gasteiger partial charge in [0, 0.05) is 25.9 Å². The van der Waals surface area contributed by atoms with Crippen LogP contribution in [0.5, 0.6) is 0 Å². The van der Waals surface area contributed by atoms with Crippen LogP contribution >= 0.6 is 11.3 Å². The molecule has 3 nitrogen and oxygen atoms in total. The zero-order chi connectivity index (χ0) is 15.9. The number of Topliss-reactive ketones (excluding diaryl/α,β-unsaturated/α-hetero) is 1. The maximum Gasteiger partial charge on any atom is 0.219 e. The van der Waals surface area contributed by atoms with Gasteiger partial charge in [0.15, 0.2) is 5.78 Å². The fraction of sp³-hybridized carbons (Fsp3) is 0.333. The van der Waals surface area contributed by atoms with Crippen LogP contribution in [0.4, 0.5) is 0 Å². The molecule has 116 valence electrons. The minimum Gasteiger partial charge on any atom is -0.339 e. The van der Waals surface area contributed by atoms with Gasteiger partial charge in [0.05, 0.1) is 4.88 Å². The average molecular weight is 315 g/mol. The number of nitrogens with zero attached hydrogens (tertiary/aromatic N) is 1. The molecule has 1 atom stereocenters. The summed E-state index contributed by atoms with van der Waals surface area (Å²) >= 11 is 1.45. The number of amides is 1. The number of hydrogen-bond acceptors (Lipinski definition) is 3. The van der Waals surface area contributed by atoms with Crippen LogP contribution < -0.4 is 0 Å². The minimum atomic E-state index is 0.0161. The summed E-state index contributed by atoms with van der Waals surface area (Å²) in [6, 6.07) is 13.9. The van der Waals surface area contributed by atoms with Crippen LogP contribution in [0, 0.1) is 0 Å². The molecule has 0 aliphatic carbocycles. The molecule has 2 aromatic rings. The molecule has 0 aliphatic rings. The van der Waals surface area contributed by atoms with Gasteiger partial charge in [-0.15, -0.1) is 11.3 Å². The first-order valence-electron chi connectivity index (χ1n) is 7.45. The molecule has 1 heterocycles. The van der Waals surface area contributed by atoms with E-state index in [1.54, 1.807) is 11.8 Å². The number of carbonyl (C=O) groups excluding carboxylic acids is 2. The molecule has 22 heavy (non-hydrogen) atoms. The fourth-order valence-electron chi connectivity index (χ4n) is 2.54. The molecule has 1 aromatic carbocycles. The van der Waals surface area contributed by atoms with Crippen LogP contribution in [0.15, 0.2) is 47.8 Å². The topological polar surface area (TPSA) is 37.4 Å². The summed E-state index contributed by atoms with van der Waals surface area (Å²) in [5, 5.41) is 1.90. The van der Waals surface area contributed by atoms with Crippen molar-refractivity contribution >= 4 is 23.0 Å². The van der Waals surface area contributed by atoms with E-state index in [9.17, 15) is 9.59 Å². The Labute approximate surface area is 135 Å². The zero-order valence-electron chi connectivity index (χ0n) is 13.0. The van der Waals surface area contributed by atoms with Crippen molar-refractivity contribution in [3.8, 4) is 0 Å². The van der Waals surface area contributed by atoms with E-state index in [2.05, 4.69) is 12.1 Å². The van der Waals surface area contributed by atoms with E-state index < -0.39 is 0 Å². The quantitative estimate of drug-likeness (QED) is 0.729. The third kappa shape index (κ3) is 4.53. The summed E-state index contributed by atoms with van der Waals surface area (Å²) in [4.78, 5) is 26.5. The summed E-state index contributed by atoms with van der Waals surface area (Å²) in [6.45, 7) is 4.07. The first kappa shape index (κ1) is 16.4. The molecule has 0 fully saturated rings. The van der Waals surface area contributed by atoms with Gasteiger partial charge in [-0.1, -0.05) is 36.4 Å². The lowest BCUT2D eigenvalue weighted by atomic mass is 10.1. The maximum absolute atomic E-state index is 12.1. The highest BCUT2D eigenvalue weighted by Crippen LogP contribution is 2.14. The molecule has 0 radical (unpaired) electrons. The van der Waals surface area contributed by atoms with Crippen LogP contribution in [0.25, 0.3) is 0 Å². The van der Waals surface area contributed by atoms with Crippen molar-refractivity contribution < 1.29 is 9.59 Å². The van der Waals surface area contributed by atoms with Crippen molar-refractivity contribution in [1.29, 1.82) is 0 Å². The largest absolute Gasteiger partial charge is 0.339 e. The Balaban J connectivity index is 1.94. The van der Waals surface area contributed by atoms with E-state index in [1.165, 1.54) is 16.9 Å². The molecule has 0 bridgehead atoms. The SMILES string of the molecule is CC(=O)N(CCC(=O)c1cccs1)C(C)Cc1ccccc1. The van der Waals surface area contributed by atoms with E-state index in [-0.39, 0.29) is 17.7 Å². The Morgan fingerprint density at radius 3 is 2.45 bits per heavy atom. The molecule has 4 heteroatoms. The average Bonchev–Trinajstić information content (AvgIpc) is 3.02.